The SMILES string of the molecule is CC1(C)c2ccccc2-c2oc3c(-c4c5ccccc5c(-c5ccccc5)c5ccccc45)cccc3c21. The van der Waals surface area contributed by atoms with Gasteiger partial charge in [-0.05, 0) is 38.2 Å². The van der Waals surface area contributed by atoms with Crippen molar-refractivity contribution in [3.63, 3.8) is 0 Å². The van der Waals surface area contributed by atoms with Crippen LogP contribution in [-0.2, 0) is 5.41 Å². The Balaban J connectivity index is 1.52. The minimum Gasteiger partial charge on any atom is -0.455 e. The van der Waals surface area contributed by atoms with Gasteiger partial charge in [-0.2, -0.15) is 0 Å². The van der Waals surface area contributed by atoms with Crippen LogP contribution in [0.4, 0.5) is 0 Å². The van der Waals surface area contributed by atoms with Crippen molar-refractivity contribution in [2.75, 3.05) is 0 Å². The van der Waals surface area contributed by atoms with Gasteiger partial charge >= 0.3 is 0 Å². The second kappa shape index (κ2) is 7.69. The van der Waals surface area contributed by atoms with Crippen molar-refractivity contribution in [1.82, 2.24) is 0 Å². The Kier molecular flexibility index (Phi) is 4.35. The van der Waals surface area contributed by atoms with Crippen molar-refractivity contribution in [3.8, 4) is 33.6 Å². The molecular weight excluding hydrogens is 460 g/mol. The molecule has 0 aliphatic heterocycles. The highest BCUT2D eigenvalue weighted by molar-refractivity contribution is 6.23. The van der Waals surface area contributed by atoms with Gasteiger partial charge in [0.1, 0.15) is 11.3 Å². The fourth-order valence-corrected chi connectivity index (χ4v) is 6.82. The average Bonchev–Trinajstić information content (AvgIpc) is 3.46. The minimum absolute atomic E-state index is 0.114. The zero-order valence-electron chi connectivity index (χ0n) is 21.5. The molecule has 0 saturated heterocycles. The summed E-state index contributed by atoms with van der Waals surface area (Å²) in [6.45, 7) is 4.64. The van der Waals surface area contributed by atoms with Crippen LogP contribution >= 0.6 is 0 Å². The summed E-state index contributed by atoms with van der Waals surface area (Å²) in [5.41, 5.74) is 9.61. The summed E-state index contributed by atoms with van der Waals surface area (Å²) in [5, 5.41) is 6.21. The van der Waals surface area contributed by atoms with Crippen LogP contribution in [0.15, 0.2) is 126 Å². The van der Waals surface area contributed by atoms with Gasteiger partial charge in [0.15, 0.2) is 0 Å². The predicted octanol–water partition coefficient (Wildman–Crippen LogP) is 10.4. The van der Waals surface area contributed by atoms with Crippen LogP contribution in [0.2, 0.25) is 0 Å². The van der Waals surface area contributed by atoms with Gasteiger partial charge in [-0.15, -0.1) is 0 Å². The van der Waals surface area contributed by atoms with E-state index in [9.17, 15) is 0 Å². The summed E-state index contributed by atoms with van der Waals surface area (Å²) in [7, 11) is 0. The molecule has 1 aliphatic carbocycles. The van der Waals surface area contributed by atoms with Crippen LogP contribution in [0.5, 0.6) is 0 Å². The first kappa shape index (κ1) is 21.5. The predicted molar refractivity (Wildman–Crippen MR) is 160 cm³/mol. The lowest BCUT2D eigenvalue weighted by Gasteiger charge is -2.21. The van der Waals surface area contributed by atoms with Crippen LogP contribution in [0.1, 0.15) is 25.0 Å². The first-order valence-corrected chi connectivity index (χ1v) is 13.3. The number of para-hydroxylation sites is 1. The van der Waals surface area contributed by atoms with E-state index >= 15 is 0 Å². The highest BCUT2D eigenvalue weighted by Crippen LogP contribution is 2.54. The zero-order valence-corrected chi connectivity index (χ0v) is 21.5. The lowest BCUT2D eigenvalue weighted by atomic mass is 9.81. The second-order valence-electron chi connectivity index (χ2n) is 10.9. The molecule has 180 valence electrons. The van der Waals surface area contributed by atoms with E-state index in [0.717, 1.165) is 16.9 Å². The van der Waals surface area contributed by atoms with E-state index in [2.05, 4.69) is 135 Å². The van der Waals surface area contributed by atoms with Gasteiger partial charge in [0.05, 0.1) is 0 Å². The standard InChI is InChI=1S/C37H26O/c1-37(2)31-22-11-10-19-28(31)36-34(37)30-21-12-20-29(35(30)38-36)33-26-17-8-6-15-24(26)32(23-13-4-3-5-14-23)25-16-7-9-18-27(25)33/h3-22H,1-2H3. The van der Waals surface area contributed by atoms with Crippen LogP contribution in [0, 0.1) is 0 Å². The molecular formula is C37H26O. The van der Waals surface area contributed by atoms with Gasteiger partial charge in [-0.3, -0.25) is 0 Å². The molecule has 1 nitrogen and oxygen atoms in total. The van der Waals surface area contributed by atoms with Crippen molar-refractivity contribution < 1.29 is 4.42 Å². The summed E-state index contributed by atoms with van der Waals surface area (Å²) in [4.78, 5) is 0. The lowest BCUT2D eigenvalue weighted by molar-refractivity contribution is 0.620. The molecule has 1 aliphatic rings. The number of furan rings is 1. The third kappa shape index (κ3) is 2.76. The normalized spacial score (nSPS) is 13.7. The van der Waals surface area contributed by atoms with Crippen LogP contribution in [0.25, 0.3) is 66.1 Å². The Labute approximate surface area is 222 Å². The smallest absolute Gasteiger partial charge is 0.143 e. The maximum atomic E-state index is 6.87. The van der Waals surface area contributed by atoms with E-state index in [-0.39, 0.29) is 5.41 Å². The average molecular weight is 487 g/mol. The van der Waals surface area contributed by atoms with E-state index < -0.39 is 0 Å². The summed E-state index contributed by atoms with van der Waals surface area (Å²) >= 11 is 0. The third-order valence-corrected chi connectivity index (χ3v) is 8.45. The fraction of sp³-hybridized carbons (Fsp3) is 0.0811. The third-order valence-electron chi connectivity index (χ3n) is 8.45. The van der Waals surface area contributed by atoms with Gasteiger partial charge < -0.3 is 4.42 Å². The molecule has 0 radical (unpaired) electrons. The monoisotopic (exact) mass is 486 g/mol. The van der Waals surface area contributed by atoms with Crippen LogP contribution < -0.4 is 0 Å². The Hall–Kier alpha value is -4.62. The number of rotatable bonds is 2. The minimum atomic E-state index is -0.114. The molecule has 7 aromatic rings. The molecule has 1 aromatic heterocycles. The summed E-state index contributed by atoms with van der Waals surface area (Å²) < 4.78 is 6.87. The molecule has 1 heteroatoms. The molecule has 0 N–H and O–H groups in total. The maximum Gasteiger partial charge on any atom is 0.143 e. The van der Waals surface area contributed by atoms with E-state index in [1.165, 1.54) is 60.3 Å². The van der Waals surface area contributed by atoms with Gasteiger partial charge in [0.2, 0.25) is 0 Å². The van der Waals surface area contributed by atoms with Gasteiger partial charge in [0, 0.05) is 33.1 Å². The van der Waals surface area contributed by atoms with E-state index in [1.807, 2.05) is 0 Å². The van der Waals surface area contributed by atoms with Gasteiger partial charge in [-0.25, -0.2) is 0 Å². The Morgan fingerprint density at radius 2 is 1.00 bits per heavy atom. The molecule has 6 aromatic carbocycles. The molecule has 0 amide bonds. The number of hydrogen-bond acceptors (Lipinski definition) is 1. The Morgan fingerprint density at radius 1 is 0.474 bits per heavy atom. The summed E-state index contributed by atoms with van der Waals surface area (Å²) in [6, 6.07) is 43.7. The molecule has 8 rings (SSSR count). The lowest BCUT2D eigenvalue weighted by Crippen LogP contribution is -2.14. The molecule has 38 heavy (non-hydrogen) atoms. The van der Waals surface area contributed by atoms with Crippen LogP contribution in [-0.4, -0.2) is 0 Å². The van der Waals surface area contributed by atoms with E-state index in [1.54, 1.807) is 0 Å². The fourth-order valence-electron chi connectivity index (χ4n) is 6.82. The quantitative estimate of drug-likeness (QED) is 0.222. The Bertz CT molecular complexity index is 1980. The van der Waals surface area contributed by atoms with E-state index in [0.29, 0.717) is 0 Å². The molecule has 0 spiro atoms. The molecule has 0 fully saturated rings. The van der Waals surface area contributed by atoms with Crippen molar-refractivity contribution >= 4 is 32.5 Å². The van der Waals surface area contributed by atoms with Crippen molar-refractivity contribution in [1.29, 1.82) is 0 Å². The first-order valence-electron chi connectivity index (χ1n) is 13.3. The zero-order chi connectivity index (χ0) is 25.4. The largest absolute Gasteiger partial charge is 0.455 e. The Morgan fingerprint density at radius 3 is 1.68 bits per heavy atom. The van der Waals surface area contributed by atoms with Crippen LogP contribution in [0.3, 0.4) is 0 Å². The molecule has 0 saturated carbocycles. The first-order chi connectivity index (χ1) is 18.6. The number of hydrogen-bond donors (Lipinski definition) is 0. The summed E-state index contributed by atoms with van der Waals surface area (Å²) in [6.07, 6.45) is 0. The molecule has 0 unspecified atom stereocenters. The molecule has 0 bridgehead atoms. The van der Waals surface area contributed by atoms with Gasteiger partial charge in [0.25, 0.3) is 0 Å². The van der Waals surface area contributed by atoms with Crippen molar-refractivity contribution in [2.45, 2.75) is 19.3 Å². The molecule has 0 atom stereocenters. The number of fused-ring (bicyclic) bond motifs is 7. The highest BCUT2D eigenvalue weighted by Gasteiger charge is 2.40. The second-order valence-corrected chi connectivity index (χ2v) is 10.9. The van der Waals surface area contributed by atoms with Crippen molar-refractivity contribution in [2.24, 2.45) is 0 Å². The van der Waals surface area contributed by atoms with E-state index in [4.69, 9.17) is 4.42 Å². The number of benzene rings is 6. The molecule has 1 heterocycles. The maximum absolute atomic E-state index is 6.87. The van der Waals surface area contributed by atoms with Crippen molar-refractivity contribution in [3.05, 3.63) is 132 Å². The summed E-state index contributed by atoms with van der Waals surface area (Å²) in [5.74, 6) is 1.02. The highest BCUT2D eigenvalue weighted by atomic mass is 16.3. The topological polar surface area (TPSA) is 13.1 Å². The van der Waals surface area contributed by atoms with Gasteiger partial charge in [-0.1, -0.05) is 135 Å².